The molecule has 4 aliphatic carbocycles. The molecule has 5 aliphatic rings. The molecule has 0 spiro atoms. The van der Waals surface area contributed by atoms with Gasteiger partial charge in [-0.25, -0.2) is 0 Å². The van der Waals surface area contributed by atoms with E-state index in [4.69, 9.17) is 14.2 Å². The molecule has 4 saturated carbocycles. The van der Waals surface area contributed by atoms with Crippen LogP contribution in [-0.2, 0) is 20.9 Å². The number of hydrogen-bond donors (Lipinski definition) is 1. The van der Waals surface area contributed by atoms with Crippen LogP contribution < -0.4 is 14.8 Å². The summed E-state index contributed by atoms with van der Waals surface area (Å²) in [6.45, 7) is 2.24. The second kappa shape index (κ2) is 6.98. The van der Waals surface area contributed by atoms with Crippen molar-refractivity contribution >= 4 is 11.9 Å². The van der Waals surface area contributed by atoms with Crippen molar-refractivity contribution in [3.8, 4) is 11.5 Å². The molecule has 1 aromatic carbocycles. The Morgan fingerprint density at radius 3 is 2.46 bits per heavy atom. The van der Waals surface area contributed by atoms with E-state index in [1.54, 1.807) is 6.92 Å². The standard InChI is InChI=1S/C22H27NO5/c1-12(21(24)23-10-13-2-3-18-19(9-13)27-11-26-18)28-22(25)20-16-5-14-4-15(7-16)8-17(20)6-14/h2-3,9,12,14-17,20H,4-8,10-11H2,1H3,(H,23,24)/t12-,14?,15?,16?,17?,20?/m1/s1. The number of carbonyl (C=O) groups excluding carboxylic acids is 2. The second-order valence-electron chi connectivity index (χ2n) is 8.94. The van der Waals surface area contributed by atoms with E-state index in [-0.39, 0.29) is 24.6 Å². The van der Waals surface area contributed by atoms with Crippen molar-refractivity contribution in [2.24, 2.45) is 29.6 Å². The van der Waals surface area contributed by atoms with Crippen LogP contribution in [0.5, 0.6) is 11.5 Å². The third kappa shape index (κ3) is 3.23. The molecule has 1 amide bonds. The second-order valence-corrected chi connectivity index (χ2v) is 8.94. The molecule has 28 heavy (non-hydrogen) atoms. The lowest BCUT2D eigenvalue weighted by atomic mass is 9.52. The number of ether oxygens (including phenoxy) is 3. The van der Waals surface area contributed by atoms with E-state index in [9.17, 15) is 9.59 Å². The first-order valence-corrected chi connectivity index (χ1v) is 10.4. The number of carbonyl (C=O) groups is 2. The zero-order valence-electron chi connectivity index (χ0n) is 16.2. The van der Waals surface area contributed by atoms with E-state index in [2.05, 4.69) is 5.32 Å². The van der Waals surface area contributed by atoms with E-state index in [0.29, 0.717) is 29.9 Å². The van der Waals surface area contributed by atoms with Crippen molar-refractivity contribution in [3.05, 3.63) is 23.8 Å². The van der Waals surface area contributed by atoms with Gasteiger partial charge in [-0.3, -0.25) is 9.59 Å². The fraction of sp³-hybridized carbons (Fsp3) is 0.636. The summed E-state index contributed by atoms with van der Waals surface area (Å²) in [4.78, 5) is 25.2. The topological polar surface area (TPSA) is 73.9 Å². The van der Waals surface area contributed by atoms with E-state index in [1.807, 2.05) is 18.2 Å². The highest BCUT2D eigenvalue weighted by atomic mass is 16.7. The Balaban J connectivity index is 1.15. The molecular formula is C22H27NO5. The summed E-state index contributed by atoms with van der Waals surface area (Å²) in [7, 11) is 0. The fourth-order valence-electron chi connectivity index (χ4n) is 6.00. The van der Waals surface area contributed by atoms with Crippen molar-refractivity contribution in [1.82, 2.24) is 5.32 Å². The summed E-state index contributed by atoms with van der Waals surface area (Å²) in [5.74, 6) is 3.52. The Bertz CT molecular complexity index is 763. The maximum absolute atomic E-state index is 12.8. The van der Waals surface area contributed by atoms with Gasteiger partial charge in [0.25, 0.3) is 5.91 Å². The van der Waals surface area contributed by atoms with Crippen molar-refractivity contribution in [2.45, 2.75) is 51.7 Å². The Morgan fingerprint density at radius 2 is 1.75 bits per heavy atom. The van der Waals surface area contributed by atoms with Crippen LogP contribution in [0.25, 0.3) is 0 Å². The first-order valence-electron chi connectivity index (χ1n) is 10.4. The first-order chi connectivity index (χ1) is 13.6. The number of rotatable bonds is 5. The van der Waals surface area contributed by atoms with Crippen molar-refractivity contribution < 1.29 is 23.8 Å². The van der Waals surface area contributed by atoms with Gasteiger partial charge in [0.05, 0.1) is 5.92 Å². The molecule has 1 aliphatic heterocycles. The minimum atomic E-state index is -0.779. The maximum Gasteiger partial charge on any atom is 0.310 e. The van der Waals surface area contributed by atoms with Gasteiger partial charge in [-0.05, 0) is 80.4 Å². The lowest BCUT2D eigenvalue weighted by Crippen LogP contribution is -2.49. The van der Waals surface area contributed by atoms with Crippen molar-refractivity contribution in [1.29, 1.82) is 0 Å². The molecule has 0 saturated heterocycles. The third-order valence-electron chi connectivity index (χ3n) is 7.06. The number of esters is 1. The number of hydrogen-bond acceptors (Lipinski definition) is 5. The molecule has 0 radical (unpaired) electrons. The molecule has 150 valence electrons. The first kappa shape index (κ1) is 17.8. The van der Waals surface area contributed by atoms with Crippen LogP contribution in [0, 0.1) is 29.6 Å². The summed E-state index contributed by atoms with van der Waals surface area (Å²) >= 11 is 0. The van der Waals surface area contributed by atoms with Crippen molar-refractivity contribution in [3.63, 3.8) is 0 Å². The summed E-state index contributed by atoms with van der Waals surface area (Å²) in [5.41, 5.74) is 0.914. The van der Waals surface area contributed by atoms with Crippen LogP contribution >= 0.6 is 0 Å². The van der Waals surface area contributed by atoms with Crippen LogP contribution in [-0.4, -0.2) is 24.8 Å². The highest BCUT2D eigenvalue weighted by Gasteiger charge is 2.51. The monoisotopic (exact) mass is 385 g/mol. The zero-order chi connectivity index (χ0) is 19.3. The highest BCUT2D eigenvalue weighted by molar-refractivity contribution is 5.84. The zero-order valence-corrected chi connectivity index (χ0v) is 16.2. The molecule has 4 fully saturated rings. The number of amides is 1. The molecule has 6 rings (SSSR count). The van der Waals surface area contributed by atoms with Crippen molar-refractivity contribution in [2.75, 3.05) is 6.79 Å². The quantitative estimate of drug-likeness (QED) is 0.789. The van der Waals surface area contributed by atoms with E-state index >= 15 is 0 Å². The Kier molecular flexibility index (Phi) is 4.44. The van der Waals surface area contributed by atoms with E-state index < -0.39 is 6.10 Å². The van der Waals surface area contributed by atoms with Gasteiger partial charge in [-0.15, -0.1) is 0 Å². The van der Waals surface area contributed by atoms with Gasteiger partial charge in [0, 0.05) is 6.54 Å². The summed E-state index contributed by atoms with van der Waals surface area (Å²) in [6.07, 6.45) is 5.23. The lowest BCUT2D eigenvalue weighted by molar-refractivity contribution is -0.170. The molecule has 4 bridgehead atoms. The molecule has 1 heterocycles. The van der Waals surface area contributed by atoms with Crippen LogP contribution in [0.4, 0.5) is 0 Å². The van der Waals surface area contributed by atoms with E-state index in [0.717, 1.165) is 43.1 Å². The molecule has 0 unspecified atom stereocenters. The molecule has 6 nitrogen and oxygen atoms in total. The minimum absolute atomic E-state index is 0.00286. The van der Waals surface area contributed by atoms with Gasteiger partial charge in [0.2, 0.25) is 6.79 Å². The largest absolute Gasteiger partial charge is 0.454 e. The molecule has 1 atom stereocenters. The lowest BCUT2D eigenvalue weighted by Gasteiger charge is -2.53. The maximum atomic E-state index is 12.8. The third-order valence-corrected chi connectivity index (χ3v) is 7.06. The average Bonchev–Trinajstić information content (AvgIpc) is 3.13. The summed E-state index contributed by atoms with van der Waals surface area (Å²) < 4.78 is 16.3. The van der Waals surface area contributed by atoms with Gasteiger partial charge < -0.3 is 19.5 Å². The fourth-order valence-corrected chi connectivity index (χ4v) is 6.00. The molecule has 1 aromatic rings. The number of fused-ring (bicyclic) bond motifs is 1. The summed E-state index contributed by atoms with van der Waals surface area (Å²) in [5, 5.41) is 2.85. The Morgan fingerprint density at radius 1 is 1.07 bits per heavy atom. The van der Waals surface area contributed by atoms with Crippen LogP contribution in [0.1, 0.15) is 44.6 Å². The molecule has 1 N–H and O–H groups in total. The number of benzene rings is 1. The van der Waals surface area contributed by atoms with Gasteiger partial charge in [-0.1, -0.05) is 6.07 Å². The smallest absolute Gasteiger partial charge is 0.310 e. The predicted molar refractivity (Wildman–Crippen MR) is 101 cm³/mol. The highest BCUT2D eigenvalue weighted by Crippen LogP contribution is 2.56. The Labute approximate surface area is 164 Å². The summed E-state index contributed by atoms with van der Waals surface area (Å²) in [6, 6.07) is 5.58. The normalized spacial score (nSPS) is 32.8. The van der Waals surface area contributed by atoms with Crippen LogP contribution in [0.2, 0.25) is 0 Å². The predicted octanol–water partition coefficient (Wildman–Crippen LogP) is 3.04. The molecule has 6 heteroatoms. The van der Waals surface area contributed by atoms with Gasteiger partial charge in [0.15, 0.2) is 17.6 Å². The van der Waals surface area contributed by atoms with Gasteiger partial charge in [-0.2, -0.15) is 0 Å². The SMILES string of the molecule is C[C@@H](OC(=O)C1C2CC3CC(C2)CC1C3)C(=O)NCc1ccc2c(c1)OCO2. The van der Waals surface area contributed by atoms with Gasteiger partial charge in [0.1, 0.15) is 0 Å². The number of nitrogens with one attached hydrogen (secondary N) is 1. The molecular weight excluding hydrogens is 358 g/mol. The molecule has 0 aromatic heterocycles. The Hall–Kier alpha value is -2.24. The minimum Gasteiger partial charge on any atom is -0.454 e. The van der Waals surface area contributed by atoms with E-state index in [1.165, 1.54) is 6.42 Å². The van der Waals surface area contributed by atoms with Crippen LogP contribution in [0.15, 0.2) is 18.2 Å². The van der Waals surface area contributed by atoms with Crippen LogP contribution in [0.3, 0.4) is 0 Å². The average molecular weight is 385 g/mol. The van der Waals surface area contributed by atoms with Gasteiger partial charge >= 0.3 is 5.97 Å².